The molecule has 0 aromatic heterocycles. The SMILES string of the molecule is COc1ccc(-c2ccc(F)c3ccccc23)c(C=O)c1. The number of fused-ring (bicyclic) bond motifs is 1. The van der Waals surface area contributed by atoms with Gasteiger partial charge in [0.25, 0.3) is 0 Å². The van der Waals surface area contributed by atoms with Crippen LogP contribution in [-0.4, -0.2) is 13.4 Å². The van der Waals surface area contributed by atoms with Gasteiger partial charge >= 0.3 is 0 Å². The second-order valence-corrected chi connectivity index (χ2v) is 4.71. The molecule has 0 aliphatic carbocycles. The summed E-state index contributed by atoms with van der Waals surface area (Å²) in [5, 5.41) is 1.33. The van der Waals surface area contributed by atoms with Gasteiger partial charge in [-0.25, -0.2) is 4.39 Å². The largest absolute Gasteiger partial charge is 0.497 e. The van der Waals surface area contributed by atoms with E-state index in [9.17, 15) is 9.18 Å². The summed E-state index contributed by atoms with van der Waals surface area (Å²) < 4.78 is 19.0. The molecule has 0 saturated heterocycles. The molecule has 3 rings (SSSR count). The van der Waals surface area contributed by atoms with Crippen molar-refractivity contribution >= 4 is 17.1 Å². The fraction of sp³-hybridized carbons (Fsp3) is 0.0556. The summed E-state index contributed by atoms with van der Waals surface area (Å²) in [6.07, 6.45) is 0.788. The molecule has 0 radical (unpaired) electrons. The summed E-state index contributed by atoms with van der Waals surface area (Å²) >= 11 is 0. The van der Waals surface area contributed by atoms with Crippen LogP contribution >= 0.6 is 0 Å². The van der Waals surface area contributed by atoms with Gasteiger partial charge in [-0.15, -0.1) is 0 Å². The Balaban J connectivity index is 2.31. The lowest BCUT2D eigenvalue weighted by Gasteiger charge is -2.11. The zero-order chi connectivity index (χ0) is 14.8. The van der Waals surface area contributed by atoms with Crippen molar-refractivity contribution < 1.29 is 13.9 Å². The number of hydrogen-bond donors (Lipinski definition) is 0. The topological polar surface area (TPSA) is 26.3 Å². The highest BCUT2D eigenvalue weighted by atomic mass is 19.1. The molecule has 104 valence electrons. The van der Waals surface area contributed by atoms with Crippen LogP contribution in [0.1, 0.15) is 10.4 Å². The van der Waals surface area contributed by atoms with Crippen molar-refractivity contribution in [2.45, 2.75) is 0 Å². The number of carbonyl (C=O) groups is 1. The average molecular weight is 280 g/mol. The molecule has 0 atom stereocenters. The van der Waals surface area contributed by atoms with Crippen molar-refractivity contribution in [3.63, 3.8) is 0 Å². The quantitative estimate of drug-likeness (QED) is 0.662. The van der Waals surface area contributed by atoms with Crippen LogP contribution in [0.2, 0.25) is 0 Å². The second-order valence-electron chi connectivity index (χ2n) is 4.71. The van der Waals surface area contributed by atoms with Crippen molar-refractivity contribution in [1.29, 1.82) is 0 Å². The summed E-state index contributed by atoms with van der Waals surface area (Å²) in [5.74, 6) is 0.350. The molecule has 0 saturated carbocycles. The molecular formula is C18H13FO2. The monoisotopic (exact) mass is 280 g/mol. The van der Waals surface area contributed by atoms with E-state index in [0.29, 0.717) is 16.7 Å². The normalized spacial score (nSPS) is 10.6. The Labute approximate surface area is 121 Å². The third kappa shape index (κ3) is 2.27. The van der Waals surface area contributed by atoms with Crippen molar-refractivity contribution in [2.24, 2.45) is 0 Å². The minimum Gasteiger partial charge on any atom is -0.497 e. The van der Waals surface area contributed by atoms with Gasteiger partial charge in [0, 0.05) is 10.9 Å². The Bertz CT molecular complexity index is 825. The van der Waals surface area contributed by atoms with Gasteiger partial charge in [-0.3, -0.25) is 4.79 Å². The van der Waals surface area contributed by atoms with Crippen LogP contribution in [0.3, 0.4) is 0 Å². The maximum atomic E-state index is 13.9. The summed E-state index contributed by atoms with van der Waals surface area (Å²) in [6, 6.07) is 15.7. The van der Waals surface area contributed by atoms with Gasteiger partial charge in [-0.1, -0.05) is 30.3 Å². The molecule has 0 heterocycles. The van der Waals surface area contributed by atoms with Crippen molar-refractivity contribution in [1.82, 2.24) is 0 Å². The molecule has 3 heteroatoms. The molecule has 0 aliphatic rings. The number of benzene rings is 3. The summed E-state index contributed by atoms with van der Waals surface area (Å²) in [7, 11) is 1.55. The van der Waals surface area contributed by atoms with Crippen LogP contribution in [0, 0.1) is 5.82 Å². The highest BCUT2D eigenvalue weighted by Gasteiger charge is 2.11. The van der Waals surface area contributed by atoms with Crippen LogP contribution in [0.15, 0.2) is 54.6 Å². The predicted molar refractivity (Wildman–Crippen MR) is 81.3 cm³/mol. The fourth-order valence-corrected chi connectivity index (χ4v) is 2.51. The van der Waals surface area contributed by atoms with E-state index < -0.39 is 0 Å². The number of carbonyl (C=O) groups excluding carboxylic acids is 1. The lowest BCUT2D eigenvalue weighted by atomic mass is 9.94. The number of aldehydes is 1. The minimum absolute atomic E-state index is 0.268. The van der Waals surface area contributed by atoms with E-state index in [4.69, 9.17) is 4.74 Å². The third-order valence-corrected chi connectivity index (χ3v) is 3.55. The van der Waals surface area contributed by atoms with E-state index in [1.807, 2.05) is 18.2 Å². The number of hydrogen-bond acceptors (Lipinski definition) is 2. The van der Waals surface area contributed by atoms with Crippen LogP contribution in [-0.2, 0) is 0 Å². The first-order valence-electron chi connectivity index (χ1n) is 6.55. The van der Waals surface area contributed by atoms with Crippen molar-refractivity contribution in [2.75, 3.05) is 7.11 Å². The highest BCUT2D eigenvalue weighted by Crippen LogP contribution is 2.33. The lowest BCUT2D eigenvalue weighted by molar-refractivity contribution is 0.112. The van der Waals surface area contributed by atoms with Crippen molar-refractivity contribution in [3.8, 4) is 16.9 Å². The first-order chi connectivity index (χ1) is 10.2. The van der Waals surface area contributed by atoms with Gasteiger partial charge < -0.3 is 4.74 Å². The lowest BCUT2D eigenvalue weighted by Crippen LogP contribution is -1.92. The van der Waals surface area contributed by atoms with Gasteiger partial charge in [-0.05, 0) is 40.8 Å². The molecule has 0 aliphatic heterocycles. The van der Waals surface area contributed by atoms with Gasteiger partial charge in [0.15, 0.2) is 6.29 Å². The number of rotatable bonds is 3. The maximum absolute atomic E-state index is 13.9. The zero-order valence-electron chi connectivity index (χ0n) is 11.5. The van der Waals surface area contributed by atoms with E-state index >= 15 is 0 Å². The van der Waals surface area contributed by atoms with Crippen LogP contribution in [0.25, 0.3) is 21.9 Å². The standard InChI is InChI=1S/C18H13FO2/c1-21-13-6-7-14(12(10-13)11-20)16-8-9-18(19)17-5-3-2-4-15(16)17/h2-11H,1H3. The molecule has 2 nitrogen and oxygen atoms in total. The molecule has 3 aromatic rings. The number of ether oxygens (including phenoxy) is 1. The smallest absolute Gasteiger partial charge is 0.150 e. The van der Waals surface area contributed by atoms with Crippen LogP contribution in [0.5, 0.6) is 5.75 Å². The molecule has 21 heavy (non-hydrogen) atoms. The summed E-state index contributed by atoms with van der Waals surface area (Å²) in [4.78, 5) is 11.3. The Kier molecular flexibility index (Phi) is 3.40. The molecule has 0 fully saturated rings. The first-order valence-corrected chi connectivity index (χ1v) is 6.55. The van der Waals surface area contributed by atoms with Gasteiger partial charge in [0.2, 0.25) is 0 Å². The van der Waals surface area contributed by atoms with E-state index in [1.54, 1.807) is 37.4 Å². The molecule has 0 bridgehead atoms. The average Bonchev–Trinajstić information content (AvgIpc) is 2.55. The summed E-state index contributed by atoms with van der Waals surface area (Å²) in [6.45, 7) is 0. The minimum atomic E-state index is -0.268. The Hall–Kier alpha value is -2.68. The molecule has 0 amide bonds. The number of halogens is 1. The first kappa shape index (κ1) is 13.3. The molecular weight excluding hydrogens is 267 g/mol. The maximum Gasteiger partial charge on any atom is 0.150 e. The molecule has 0 N–H and O–H groups in total. The molecule has 0 unspecified atom stereocenters. The number of methoxy groups -OCH3 is 1. The highest BCUT2D eigenvalue weighted by molar-refractivity contribution is 6.01. The fourth-order valence-electron chi connectivity index (χ4n) is 2.51. The van der Waals surface area contributed by atoms with Gasteiger partial charge in [0.05, 0.1) is 7.11 Å². The van der Waals surface area contributed by atoms with E-state index in [-0.39, 0.29) is 5.82 Å². The third-order valence-electron chi connectivity index (χ3n) is 3.55. The van der Waals surface area contributed by atoms with Gasteiger partial charge in [0.1, 0.15) is 11.6 Å². The van der Waals surface area contributed by atoms with Gasteiger partial charge in [-0.2, -0.15) is 0 Å². The van der Waals surface area contributed by atoms with E-state index in [2.05, 4.69) is 0 Å². The van der Waals surface area contributed by atoms with E-state index in [0.717, 1.165) is 22.8 Å². The summed E-state index contributed by atoms with van der Waals surface area (Å²) in [5.41, 5.74) is 2.12. The van der Waals surface area contributed by atoms with E-state index in [1.165, 1.54) is 6.07 Å². The zero-order valence-corrected chi connectivity index (χ0v) is 11.5. The Morgan fingerprint density at radius 3 is 2.38 bits per heavy atom. The predicted octanol–water partition coefficient (Wildman–Crippen LogP) is 4.47. The van der Waals surface area contributed by atoms with Crippen LogP contribution in [0.4, 0.5) is 4.39 Å². The molecule has 3 aromatic carbocycles. The van der Waals surface area contributed by atoms with Crippen LogP contribution < -0.4 is 4.74 Å². The Morgan fingerprint density at radius 2 is 1.67 bits per heavy atom. The van der Waals surface area contributed by atoms with Crippen molar-refractivity contribution in [3.05, 3.63) is 66.0 Å². The second kappa shape index (κ2) is 5.37. The Morgan fingerprint density at radius 1 is 0.952 bits per heavy atom. The molecule has 0 spiro atoms.